The van der Waals surface area contributed by atoms with Crippen molar-refractivity contribution < 1.29 is 4.58 Å². The molecule has 0 fully saturated rings. The van der Waals surface area contributed by atoms with Crippen molar-refractivity contribution in [1.82, 2.24) is 0 Å². The van der Waals surface area contributed by atoms with Crippen molar-refractivity contribution in [2.24, 2.45) is 0 Å². The van der Waals surface area contributed by atoms with Gasteiger partial charge in [0.25, 0.3) is 0 Å². The number of nitrogens with zero attached hydrogens (tertiary/aromatic N) is 1. The second kappa shape index (κ2) is 4.87. The molecule has 0 saturated heterocycles. The van der Waals surface area contributed by atoms with Gasteiger partial charge >= 0.3 is 5.29 Å². The molecule has 0 aromatic heterocycles. The minimum Gasteiger partial charge on any atom is -0.257 e. The molecule has 0 aliphatic carbocycles. The highest BCUT2D eigenvalue weighted by Crippen LogP contribution is 2.25. The van der Waals surface area contributed by atoms with Crippen molar-refractivity contribution in [3.63, 3.8) is 0 Å². The van der Waals surface area contributed by atoms with E-state index in [4.69, 9.17) is 34.8 Å². The van der Waals surface area contributed by atoms with Crippen LogP contribution in [-0.4, -0.2) is 24.0 Å². The van der Waals surface area contributed by atoms with Gasteiger partial charge in [0.1, 0.15) is 5.69 Å². The van der Waals surface area contributed by atoms with Crippen LogP contribution in [0, 0.1) is 0 Å². The molecule has 1 aromatic rings. The lowest BCUT2D eigenvalue weighted by Gasteiger charge is -2.00. The van der Waals surface area contributed by atoms with E-state index >= 15 is 0 Å². The molecule has 76 valence electrons. The van der Waals surface area contributed by atoms with Crippen LogP contribution < -0.4 is 5.32 Å². The van der Waals surface area contributed by atoms with Crippen molar-refractivity contribution in [3.8, 4) is 0 Å². The molecular formula is C9H10Cl3N2+. The molecule has 0 aliphatic rings. The van der Waals surface area contributed by atoms with Gasteiger partial charge in [-0.25, -0.2) is 5.32 Å². The van der Waals surface area contributed by atoms with Gasteiger partial charge in [0, 0.05) is 17.7 Å². The Morgan fingerprint density at radius 3 is 2.36 bits per heavy atom. The predicted octanol–water partition coefficient (Wildman–Crippen LogP) is 3.27. The fourth-order valence-corrected chi connectivity index (χ4v) is 1.21. The number of nitrogens with one attached hydrogen (secondary N) is 1. The maximum Gasteiger partial charge on any atom is 0.347 e. The molecule has 0 amide bonds. The molecule has 2 nitrogen and oxygen atoms in total. The third-order valence-corrected chi connectivity index (χ3v) is 2.73. The van der Waals surface area contributed by atoms with E-state index < -0.39 is 0 Å². The molecule has 14 heavy (non-hydrogen) atoms. The lowest BCUT2D eigenvalue weighted by atomic mass is 10.3. The summed E-state index contributed by atoms with van der Waals surface area (Å²) in [5.41, 5.74) is 0.804. The van der Waals surface area contributed by atoms with Crippen molar-refractivity contribution in [1.29, 1.82) is 0 Å². The molecule has 0 bridgehead atoms. The topological polar surface area (TPSA) is 15.0 Å². The summed E-state index contributed by atoms with van der Waals surface area (Å²) in [5, 5.41) is 4.52. The molecule has 0 saturated carbocycles. The summed E-state index contributed by atoms with van der Waals surface area (Å²) >= 11 is 17.5. The Morgan fingerprint density at radius 1 is 1.21 bits per heavy atom. The van der Waals surface area contributed by atoms with Crippen LogP contribution in [0.2, 0.25) is 10.0 Å². The summed E-state index contributed by atoms with van der Waals surface area (Å²) in [4.78, 5) is 0. The highest BCUT2D eigenvalue weighted by Gasteiger charge is 2.07. The van der Waals surface area contributed by atoms with Gasteiger partial charge in [-0.2, -0.15) is 0 Å². The first kappa shape index (κ1) is 11.6. The standard InChI is InChI=1S/C9H9Cl3N2/c1-14(2)9(12)13-6-3-4-7(10)8(11)5-6/h3-5H,1-2H3/p+1. The summed E-state index contributed by atoms with van der Waals surface area (Å²) in [6.07, 6.45) is 0. The van der Waals surface area contributed by atoms with E-state index in [1.54, 1.807) is 22.8 Å². The zero-order chi connectivity index (χ0) is 10.7. The SMILES string of the molecule is C[N+](C)=C(Cl)Nc1ccc(Cl)c(Cl)c1. The second-order valence-electron chi connectivity index (χ2n) is 2.94. The number of benzene rings is 1. The second-order valence-corrected chi connectivity index (χ2v) is 4.11. The predicted molar refractivity (Wildman–Crippen MR) is 63.1 cm³/mol. The van der Waals surface area contributed by atoms with Crippen LogP contribution in [0.15, 0.2) is 18.2 Å². The zero-order valence-electron chi connectivity index (χ0n) is 7.81. The van der Waals surface area contributed by atoms with Crippen molar-refractivity contribution in [3.05, 3.63) is 28.2 Å². The molecular weight excluding hydrogens is 242 g/mol. The third kappa shape index (κ3) is 3.05. The summed E-state index contributed by atoms with van der Waals surface area (Å²) in [6.45, 7) is 0. The van der Waals surface area contributed by atoms with Gasteiger partial charge in [0.15, 0.2) is 0 Å². The molecule has 1 N–H and O–H groups in total. The van der Waals surface area contributed by atoms with Crippen LogP contribution in [0.5, 0.6) is 0 Å². The van der Waals surface area contributed by atoms with E-state index in [1.807, 2.05) is 14.1 Å². The van der Waals surface area contributed by atoms with Crippen LogP contribution in [0.1, 0.15) is 0 Å². The highest BCUT2D eigenvalue weighted by molar-refractivity contribution is 6.66. The number of amidine groups is 1. The van der Waals surface area contributed by atoms with E-state index in [2.05, 4.69) is 5.32 Å². The lowest BCUT2D eigenvalue weighted by molar-refractivity contribution is -0.461. The Labute approximate surface area is 98.1 Å². The molecule has 0 heterocycles. The Hall–Kier alpha value is -0.440. The average molecular weight is 253 g/mol. The van der Waals surface area contributed by atoms with Gasteiger partial charge in [0.05, 0.1) is 24.1 Å². The van der Waals surface area contributed by atoms with Gasteiger partial charge in [-0.3, -0.25) is 4.58 Å². The summed E-state index contributed by atoms with van der Waals surface area (Å²) in [6, 6.07) is 5.24. The minimum absolute atomic E-state index is 0.500. The number of anilines is 1. The van der Waals surface area contributed by atoms with Crippen molar-refractivity contribution >= 4 is 45.8 Å². The fraction of sp³-hybridized carbons (Fsp3) is 0.222. The summed E-state index contributed by atoms with van der Waals surface area (Å²) in [7, 11) is 3.68. The number of rotatable bonds is 1. The third-order valence-electron chi connectivity index (χ3n) is 1.56. The van der Waals surface area contributed by atoms with Gasteiger partial charge in [-0.05, 0) is 12.1 Å². The normalized spacial score (nSPS) is 9.79. The Bertz CT molecular complexity index is 370. The quantitative estimate of drug-likeness (QED) is 0.351. The smallest absolute Gasteiger partial charge is 0.257 e. The average Bonchev–Trinajstić information content (AvgIpc) is 2.11. The first-order valence-electron chi connectivity index (χ1n) is 3.92. The molecule has 0 aliphatic heterocycles. The first-order valence-corrected chi connectivity index (χ1v) is 5.06. The van der Waals surface area contributed by atoms with Gasteiger partial charge in [-0.15, -0.1) is 0 Å². The molecule has 0 radical (unpaired) electrons. The molecule has 1 rings (SSSR count). The first-order chi connectivity index (χ1) is 6.50. The summed E-state index contributed by atoms with van der Waals surface area (Å²) in [5.74, 6) is 0. The molecule has 0 unspecified atom stereocenters. The molecule has 1 aromatic carbocycles. The highest BCUT2D eigenvalue weighted by atomic mass is 35.5. The Kier molecular flexibility index (Phi) is 4.05. The lowest BCUT2D eigenvalue weighted by Crippen LogP contribution is -2.16. The van der Waals surface area contributed by atoms with E-state index in [1.165, 1.54) is 0 Å². The van der Waals surface area contributed by atoms with Crippen LogP contribution in [0.3, 0.4) is 0 Å². The monoisotopic (exact) mass is 251 g/mol. The van der Waals surface area contributed by atoms with E-state index in [0.29, 0.717) is 15.3 Å². The van der Waals surface area contributed by atoms with Crippen LogP contribution >= 0.6 is 34.8 Å². The van der Waals surface area contributed by atoms with Crippen LogP contribution in [0.4, 0.5) is 5.69 Å². The number of hydrogen-bond donors (Lipinski definition) is 1. The number of hydrogen-bond acceptors (Lipinski definition) is 0. The maximum atomic E-state index is 5.90. The van der Waals surface area contributed by atoms with E-state index in [-0.39, 0.29) is 0 Å². The van der Waals surface area contributed by atoms with Crippen LogP contribution in [-0.2, 0) is 0 Å². The Balaban J connectivity index is 2.89. The minimum atomic E-state index is 0.500. The Morgan fingerprint density at radius 2 is 1.86 bits per heavy atom. The van der Waals surface area contributed by atoms with Crippen molar-refractivity contribution in [2.75, 3.05) is 19.4 Å². The van der Waals surface area contributed by atoms with Crippen LogP contribution in [0.25, 0.3) is 0 Å². The van der Waals surface area contributed by atoms with E-state index in [0.717, 1.165) is 5.69 Å². The van der Waals surface area contributed by atoms with E-state index in [9.17, 15) is 0 Å². The maximum absolute atomic E-state index is 5.90. The molecule has 5 heteroatoms. The summed E-state index contributed by atoms with van der Waals surface area (Å²) < 4.78 is 1.75. The van der Waals surface area contributed by atoms with Gasteiger partial charge in [0.2, 0.25) is 0 Å². The van der Waals surface area contributed by atoms with Crippen molar-refractivity contribution in [2.45, 2.75) is 0 Å². The van der Waals surface area contributed by atoms with Gasteiger partial charge < -0.3 is 0 Å². The largest absolute Gasteiger partial charge is 0.347 e. The number of halogens is 3. The zero-order valence-corrected chi connectivity index (χ0v) is 10.1. The van der Waals surface area contributed by atoms with Gasteiger partial charge in [-0.1, -0.05) is 23.2 Å². The molecule has 0 spiro atoms. The molecule has 0 atom stereocenters. The fourth-order valence-electron chi connectivity index (χ4n) is 0.805.